The molecule has 0 aliphatic heterocycles. The summed E-state index contributed by atoms with van der Waals surface area (Å²) in [4.78, 5) is 12.7. The van der Waals surface area contributed by atoms with E-state index in [1.807, 2.05) is 25.3 Å². The number of carbonyl (C=O) groups is 1. The lowest BCUT2D eigenvalue weighted by Crippen LogP contribution is -2.21. The first kappa shape index (κ1) is 15.6. The fourth-order valence-corrected chi connectivity index (χ4v) is 3.28. The fraction of sp³-hybridized carbons (Fsp3) is 0.375. The number of benzene rings is 1. The van der Waals surface area contributed by atoms with E-state index < -0.39 is 0 Å². The van der Waals surface area contributed by atoms with Crippen LogP contribution in [0.25, 0.3) is 0 Å². The molecule has 1 aliphatic carbocycles. The number of nitrogens with zero attached hydrogens (tertiary/aromatic N) is 2. The van der Waals surface area contributed by atoms with Gasteiger partial charge in [0, 0.05) is 17.1 Å². The molecule has 6 heteroatoms. The zero-order chi connectivity index (χ0) is 15.9. The van der Waals surface area contributed by atoms with Gasteiger partial charge >= 0.3 is 0 Å². The van der Waals surface area contributed by atoms with Crippen LogP contribution in [0.3, 0.4) is 0 Å². The molecule has 1 amide bonds. The molecule has 116 valence electrons. The summed E-state index contributed by atoms with van der Waals surface area (Å²) in [6.07, 6.45) is 5.29. The summed E-state index contributed by atoms with van der Waals surface area (Å²) in [7, 11) is 1.80. The van der Waals surface area contributed by atoms with Crippen LogP contribution < -0.4 is 5.32 Å². The standard InChI is InChI=1S/C16H17BrClN3O/c1-9-6-13(18)14(7-12(9)17)20-16(22)15-11(8-19-21(15)2)10-4-3-5-10/h6-8,10H,3-5H2,1-2H3,(H,20,22). The van der Waals surface area contributed by atoms with Gasteiger partial charge in [-0.3, -0.25) is 9.48 Å². The van der Waals surface area contributed by atoms with E-state index >= 15 is 0 Å². The Labute approximate surface area is 143 Å². The molecule has 0 spiro atoms. The van der Waals surface area contributed by atoms with Crippen LogP contribution in [0.5, 0.6) is 0 Å². The Balaban J connectivity index is 1.89. The van der Waals surface area contributed by atoms with Crippen molar-refractivity contribution in [2.24, 2.45) is 7.05 Å². The minimum absolute atomic E-state index is 0.167. The highest BCUT2D eigenvalue weighted by atomic mass is 79.9. The molecule has 0 bridgehead atoms. The minimum atomic E-state index is -0.167. The molecular weight excluding hydrogens is 366 g/mol. The molecule has 0 atom stereocenters. The van der Waals surface area contributed by atoms with Crippen molar-refractivity contribution in [3.05, 3.63) is 44.6 Å². The van der Waals surface area contributed by atoms with Gasteiger partial charge in [0.25, 0.3) is 5.91 Å². The van der Waals surface area contributed by atoms with Gasteiger partial charge in [-0.2, -0.15) is 5.10 Å². The predicted octanol–water partition coefficient (Wildman–Crippen LogP) is 4.66. The smallest absolute Gasteiger partial charge is 0.274 e. The van der Waals surface area contributed by atoms with Crippen LogP contribution >= 0.6 is 27.5 Å². The summed E-state index contributed by atoms with van der Waals surface area (Å²) in [6, 6.07) is 3.66. The van der Waals surface area contributed by atoms with Gasteiger partial charge < -0.3 is 5.32 Å². The molecule has 3 rings (SSSR count). The first-order valence-corrected chi connectivity index (χ1v) is 8.43. The summed E-state index contributed by atoms with van der Waals surface area (Å²) in [6.45, 7) is 1.96. The van der Waals surface area contributed by atoms with E-state index in [1.165, 1.54) is 6.42 Å². The second-order valence-electron chi connectivity index (χ2n) is 5.74. The number of anilines is 1. The van der Waals surface area contributed by atoms with Crippen molar-refractivity contribution in [2.75, 3.05) is 5.32 Å². The van der Waals surface area contributed by atoms with Crippen molar-refractivity contribution < 1.29 is 4.79 Å². The molecule has 1 aromatic carbocycles. The first-order chi connectivity index (χ1) is 10.5. The van der Waals surface area contributed by atoms with Gasteiger partial charge in [-0.05, 0) is 43.4 Å². The Hall–Kier alpha value is -1.33. The summed E-state index contributed by atoms with van der Waals surface area (Å²) < 4.78 is 2.55. The van der Waals surface area contributed by atoms with Crippen LogP contribution in [-0.2, 0) is 7.05 Å². The van der Waals surface area contributed by atoms with Gasteiger partial charge in [0.2, 0.25) is 0 Å². The van der Waals surface area contributed by atoms with E-state index in [0.717, 1.165) is 28.4 Å². The zero-order valence-electron chi connectivity index (χ0n) is 12.5. The lowest BCUT2D eigenvalue weighted by Gasteiger charge is -2.25. The SMILES string of the molecule is Cc1cc(Cl)c(NC(=O)c2c(C3CCC3)cnn2C)cc1Br. The van der Waals surface area contributed by atoms with E-state index in [9.17, 15) is 4.79 Å². The molecule has 1 N–H and O–H groups in total. The number of aromatic nitrogens is 2. The molecule has 1 saturated carbocycles. The molecular formula is C16H17BrClN3O. The minimum Gasteiger partial charge on any atom is -0.319 e. The summed E-state index contributed by atoms with van der Waals surface area (Å²) in [5.41, 5.74) is 3.29. The Bertz CT molecular complexity index is 737. The third-order valence-corrected chi connectivity index (χ3v) is 5.39. The number of hydrogen-bond donors (Lipinski definition) is 1. The molecule has 1 heterocycles. The summed E-state index contributed by atoms with van der Waals surface area (Å²) in [5, 5.41) is 7.68. The van der Waals surface area contributed by atoms with Gasteiger partial charge in [0.05, 0.1) is 16.9 Å². The Morgan fingerprint density at radius 1 is 1.45 bits per heavy atom. The van der Waals surface area contributed by atoms with Crippen LogP contribution in [0.4, 0.5) is 5.69 Å². The van der Waals surface area contributed by atoms with Gasteiger partial charge in [0.1, 0.15) is 5.69 Å². The lowest BCUT2D eigenvalue weighted by molar-refractivity contribution is 0.101. The molecule has 1 aliphatic rings. The third kappa shape index (κ3) is 2.79. The second-order valence-corrected chi connectivity index (χ2v) is 7.00. The third-order valence-electron chi connectivity index (χ3n) is 4.22. The molecule has 0 radical (unpaired) electrons. The molecule has 1 fully saturated rings. The van der Waals surface area contributed by atoms with Gasteiger partial charge in [-0.15, -0.1) is 0 Å². The number of nitrogens with one attached hydrogen (secondary N) is 1. The maximum absolute atomic E-state index is 12.7. The highest BCUT2D eigenvalue weighted by Crippen LogP contribution is 2.38. The number of halogens is 2. The van der Waals surface area contributed by atoms with Crippen molar-refractivity contribution >= 4 is 39.1 Å². The van der Waals surface area contributed by atoms with E-state index in [1.54, 1.807) is 11.7 Å². The van der Waals surface area contributed by atoms with Crippen LogP contribution in [0, 0.1) is 6.92 Å². The average molecular weight is 383 g/mol. The molecule has 2 aromatic rings. The Morgan fingerprint density at radius 3 is 2.82 bits per heavy atom. The quantitative estimate of drug-likeness (QED) is 0.839. The molecule has 22 heavy (non-hydrogen) atoms. The topological polar surface area (TPSA) is 46.9 Å². The molecule has 4 nitrogen and oxygen atoms in total. The van der Waals surface area contributed by atoms with E-state index in [4.69, 9.17) is 11.6 Å². The van der Waals surface area contributed by atoms with Crippen molar-refractivity contribution in [3.8, 4) is 0 Å². The summed E-state index contributed by atoms with van der Waals surface area (Å²) >= 11 is 9.69. The Kier molecular flexibility index (Phi) is 4.28. The number of carbonyl (C=O) groups excluding carboxylic acids is 1. The summed E-state index contributed by atoms with van der Waals surface area (Å²) in [5.74, 6) is 0.286. The largest absolute Gasteiger partial charge is 0.319 e. The maximum atomic E-state index is 12.7. The monoisotopic (exact) mass is 381 g/mol. The van der Waals surface area contributed by atoms with Crippen molar-refractivity contribution in [2.45, 2.75) is 32.1 Å². The van der Waals surface area contributed by atoms with Gasteiger partial charge in [-0.25, -0.2) is 0 Å². The van der Waals surface area contributed by atoms with Crippen molar-refractivity contribution in [1.82, 2.24) is 9.78 Å². The number of amides is 1. The number of hydrogen-bond acceptors (Lipinski definition) is 2. The number of aryl methyl sites for hydroxylation is 2. The highest BCUT2D eigenvalue weighted by molar-refractivity contribution is 9.10. The highest BCUT2D eigenvalue weighted by Gasteiger charge is 2.28. The van der Waals surface area contributed by atoms with Gasteiger partial charge in [0.15, 0.2) is 0 Å². The second kappa shape index (κ2) is 6.05. The first-order valence-electron chi connectivity index (χ1n) is 7.26. The normalized spacial score (nSPS) is 14.7. The number of rotatable bonds is 3. The van der Waals surface area contributed by atoms with Crippen LogP contribution in [0.15, 0.2) is 22.8 Å². The van der Waals surface area contributed by atoms with Crippen LogP contribution in [0.1, 0.15) is 46.8 Å². The van der Waals surface area contributed by atoms with E-state index in [0.29, 0.717) is 22.3 Å². The van der Waals surface area contributed by atoms with Crippen LogP contribution in [-0.4, -0.2) is 15.7 Å². The van der Waals surface area contributed by atoms with Gasteiger partial charge in [-0.1, -0.05) is 34.0 Å². The van der Waals surface area contributed by atoms with Crippen molar-refractivity contribution in [1.29, 1.82) is 0 Å². The van der Waals surface area contributed by atoms with E-state index in [-0.39, 0.29) is 5.91 Å². The fourth-order valence-electron chi connectivity index (χ4n) is 2.67. The molecule has 1 aromatic heterocycles. The Morgan fingerprint density at radius 2 is 2.18 bits per heavy atom. The predicted molar refractivity (Wildman–Crippen MR) is 91.6 cm³/mol. The molecule has 0 unspecified atom stereocenters. The van der Waals surface area contributed by atoms with Crippen LogP contribution in [0.2, 0.25) is 5.02 Å². The van der Waals surface area contributed by atoms with Crippen molar-refractivity contribution in [3.63, 3.8) is 0 Å². The van der Waals surface area contributed by atoms with E-state index in [2.05, 4.69) is 26.3 Å². The average Bonchev–Trinajstić information content (AvgIpc) is 2.76. The molecule has 0 saturated heterocycles. The maximum Gasteiger partial charge on any atom is 0.274 e. The zero-order valence-corrected chi connectivity index (χ0v) is 14.8. The lowest BCUT2D eigenvalue weighted by atomic mass is 9.80.